The van der Waals surface area contributed by atoms with E-state index < -0.39 is 120 Å². The van der Waals surface area contributed by atoms with Gasteiger partial charge >= 0.3 is 12.1 Å². The smallest absolute Gasteiger partial charge is 0.407 e. The number of rotatable bonds is 23. The number of nitrogens with two attached hydrogens (primary N) is 3. The molecular weight excluding hydrogens is 1640 g/mol. The molecule has 1 saturated carbocycles. The number of alkyl carbamates (subject to hydrolysis) is 1. The van der Waals surface area contributed by atoms with E-state index in [-0.39, 0.29) is 80.6 Å². The number of aryl methyl sites for hydroxylation is 1. The molecule has 9 heterocycles. The van der Waals surface area contributed by atoms with Gasteiger partial charge in [-0.1, -0.05) is 64.2 Å². The summed E-state index contributed by atoms with van der Waals surface area (Å²) in [5.41, 5.74) is 24.3. The van der Waals surface area contributed by atoms with Crippen molar-refractivity contribution in [3.8, 4) is 11.3 Å². The highest BCUT2D eigenvalue weighted by Gasteiger charge is 2.53. The van der Waals surface area contributed by atoms with Gasteiger partial charge in [-0.05, 0) is 146 Å². The van der Waals surface area contributed by atoms with Crippen LogP contribution >= 0.6 is 0 Å². The lowest BCUT2D eigenvalue weighted by atomic mass is 9.80. The number of ether oxygens (including phenoxy) is 6. The molecule has 0 radical (unpaired) electrons. The van der Waals surface area contributed by atoms with Gasteiger partial charge in [-0.15, -0.1) is 0 Å². The van der Waals surface area contributed by atoms with Crippen LogP contribution in [0.5, 0.6) is 0 Å². The molecule has 0 unspecified atom stereocenters. The third-order valence-corrected chi connectivity index (χ3v) is 25.1. The Kier molecular flexibility index (Phi) is 35.0. The Morgan fingerprint density at radius 2 is 1.57 bits per heavy atom. The zero-order chi connectivity index (χ0) is 91.2. The van der Waals surface area contributed by atoms with Crippen molar-refractivity contribution < 1.29 is 86.5 Å². The van der Waals surface area contributed by atoms with Gasteiger partial charge < -0.3 is 95.6 Å². The lowest BCUT2D eigenvalue weighted by Gasteiger charge is -2.42. The molecule has 11 rings (SSSR count). The number of hydrogen-bond donors (Lipinski definition) is 8. The number of ketones is 3. The number of aliphatic hydroxyl groups is 3. The number of aliphatic hydroxyl groups excluding tert-OH is 2. The number of nitrogens with zero attached hydrogens (tertiary/aromatic N) is 14. The molecular formula is C90H127N19O18. The maximum Gasteiger partial charge on any atom is 0.407 e. The number of oxazole rings is 1. The SMILES string of the molecule is C=N/C(=N\C=C(/C)C(=O)NCCCCn1nc(-c2ccc3oc(N)nc3c2)c2c(N)ncnc21)N1CCN(CCOCCC(=O)N2CCN(c3ncc(CNC(=O)O[C@@H]4CC[C@@H](C[C@@H](N)[C@@H]5CC(=O)[C@H](C)/C=C(\C)[C@@H](O)[C@@H](O)C(=O)[C@H](C)C[C@H](C)/C=C/C=C/C=C(\C)[C@@H](OC)C[C@@H]6CC[C@@H](C)[C@@](O)(O6)C(=O)C(=O)N6CCCC[C@H]6C(=O)O5)C[C@H]4OC)cn3)CC2)CC1. The van der Waals surface area contributed by atoms with Crippen molar-refractivity contribution in [2.75, 3.05) is 116 Å². The van der Waals surface area contributed by atoms with Gasteiger partial charge in [-0.25, -0.2) is 44.2 Å². The first kappa shape index (κ1) is 97.0. The molecule has 2 bridgehead atoms. The standard InChI is InChI=1S/C90H127N19O18/c1-54-18-12-11-13-19-55(2)71(121-9)47-64-24-21-60(7)90(120,127-64)80(115)84(117)108-29-16-14-20-67(108)85(118)124-72(48-68(110)56(3)43-58(5)78(113)79(114)77(112)57(4)42-54)65(91)44-61-22-25-70(73(45-61)122-10)126-89(119)99-52-62-50-97-88(98-51-62)107-37-35-105(36-38-107)74(111)27-40-123-41-39-104-31-33-106(34-32-104)87(94-8)96-49-59(6)83(116)95-28-15-17-30-109-82-75(81(92)100-53-101-82)76(103-109)63-23-26-69-66(46-63)102-86(93)125-69/h11-13,18-19,23,26,43,46,49-51,53-54,56-57,60-61,64-65,67,70-73,78-79,113-114,120H,8,14-17,20-22,24-25,27-42,44-45,47-48,52,91H2,1-7,9-10H3,(H2,93,102)(H,95,116)(H,99,119)(H2,92,100,101)/b13-11+,18-12+,55-19+,58-43+,59-49+,96-87+/t54-,56-,57-,60-,61+,64+,65-,67+,70-,71+,72+,73-,78-,79+,90-/m1/s1. The highest BCUT2D eigenvalue weighted by atomic mass is 16.6. The Morgan fingerprint density at radius 1 is 0.811 bits per heavy atom. The molecule has 5 fully saturated rings. The number of guanidine groups is 1. The number of hydrogen-bond acceptors (Lipinski definition) is 30. The number of anilines is 3. The van der Waals surface area contributed by atoms with Gasteiger partial charge in [0.25, 0.3) is 17.7 Å². The van der Waals surface area contributed by atoms with Crippen LogP contribution in [0.4, 0.5) is 22.6 Å². The Morgan fingerprint density at radius 3 is 2.31 bits per heavy atom. The van der Waals surface area contributed by atoms with Gasteiger partial charge in [0.05, 0.1) is 43.3 Å². The topological polar surface area (TPSA) is 491 Å². The number of nitrogen functional groups attached to an aromatic ring is 2. The molecule has 5 aromatic rings. The first-order valence-electron chi connectivity index (χ1n) is 44.3. The van der Waals surface area contributed by atoms with Crippen LogP contribution in [-0.2, 0) is 75.1 Å². The second-order valence-electron chi connectivity index (χ2n) is 34.4. The number of fused-ring (bicyclic) bond motifs is 5. The van der Waals surface area contributed by atoms with Crippen LogP contribution in [0.15, 0.2) is 111 Å². The molecule has 4 saturated heterocycles. The fraction of sp³-hybridized carbons (Fsp3) is 0.600. The third kappa shape index (κ3) is 25.7. The number of carbonyl (C=O) groups excluding carboxylic acids is 8. The highest BCUT2D eigenvalue weighted by molar-refractivity contribution is 6.39. The summed E-state index contributed by atoms with van der Waals surface area (Å²) in [5.74, 6) is -8.44. The molecule has 11 N–H and O–H groups in total. The lowest BCUT2D eigenvalue weighted by molar-refractivity contribution is -0.265. The summed E-state index contributed by atoms with van der Waals surface area (Å²) in [4.78, 5) is 152. The number of Topliss-reactive ketones (excluding diaryl/α,β-unsaturated/α-hetero) is 3. The summed E-state index contributed by atoms with van der Waals surface area (Å²) in [7, 11) is 3.06. The van der Waals surface area contributed by atoms with Crippen molar-refractivity contribution >= 4 is 99.7 Å². The number of allylic oxidation sites excluding steroid dienone is 6. The minimum atomic E-state index is -2.52. The van der Waals surface area contributed by atoms with E-state index in [1.54, 1.807) is 57.9 Å². The Bertz CT molecular complexity index is 4840. The van der Waals surface area contributed by atoms with E-state index >= 15 is 0 Å². The molecule has 5 aliphatic heterocycles. The average Bonchev–Trinajstić information content (AvgIpc) is 1.67. The number of cyclic esters (lactones) is 1. The number of nitrogens with one attached hydrogen (secondary N) is 2. The molecule has 0 spiro atoms. The van der Waals surface area contributed by atoms with Gasteiger partial charge in [0.1, 0.15) is 59.6 Å². The normalized spacial score (nSPS) is 28.3. The quantitative estimate of drug-likeness (QED) is 0.00678. The third-order valence-electron chi connectivity index (χ3n) is 25.1. The second kappa shape index (κ2) is 45.9. The van der Waals surface area contributed by atoms with Crippen LogP contribution < -0.4 is 32.7 Å². The number of benzene rings is 1. The number of aliphatic imine (C=N–C) groups is 2. The van der Waals surface area contributed by atoms with Crippen LogP contribution in [0.3, 0.4) is 0 Å². The van der Waals surface area contributed by atoms with Crippen LogP contribution in [-0.4, -0.2) is 289 Å². The van der Waals surface area contributed by atoms with Crippen LogP contribution in [0.1, 0.15) is 150 Å². The zero-order valence-electron chi connectivity index (χ0n) is 74.5. The molecule has 690 valence electrons. The number of esters is 1. The van der Waals surface area contributed by atoms with Gasteiger partial charge in [0.15, 0.2) is 17.0 Å². The number of aromatic nitrogens is 7. The van der Waals surface area contributed by atoms with E-state index in [0.29, 0.717) is 186 Å². The average molecular weight is 1760 g/mol. The maximum atomic E-state index is 14.7. The highest BCUT2D eigenvalue weighted by Crippen LogP contribution is 2.39. The van der Waals surface area contributed by atoms with Crippen LogP contribution in [0, 0.1) is 29.6 Å². The minimum absolute atomic E-state index is 0.00585. The molecule has 4 amide bonds. The van der Waals surface area contributed by atoms with Crippen molar-refractivity contribution in [2.24, 2.45) is 45.3 Å². The van der Waals surface area contributed by atoms with E-state index in [1.807, 2.05) is 71.1 Å². The molecule has 37 nitrogen and oxygen atoms in total. The number of piperazine rings is 2. The van der Waals surface area contributed by atoms with Crippen molar-refractivity contribution in [1.29, 1.82) is 0 Å². The van der Waals surface area contributed by atoms with E-state index in [4.69, 9.17) is 55.1 Å². The molecule has 6 aliphatic rings. The molecule has 37 heteroatoms. The van der Waals surface area contributed by atoms with Crippen molar-refractivity contribution in [2.45, 2.75) is 218 Å². The van der Waals surface area contributed by atoms with Crippen molar-refractivity contribution in [3.63, 3.8) is 0 Å². The van der Waals surface area contributed by atoms with Crippen molar-refractivity contribution in [1.82, 2.24) is 64.9 Å². The van der Waals surface area contributed by atoms with Gasteiger partial charge in [-0.3, -0.25) is 33.7 Å². The summed E-state index contributed by atoms with van der Waals surface area (Å²) in [6.07, 6.45) is 14.2. The van der Waals surface area contributed by atoms with E-state index in [9.17, 15) is 53.7 Å². The van der Waals surface area contributed by atoms with Gasteiger partial charge in [0.2, 0.25) is 29.5 Å². The van der Waals surface area contributed by atoms with Gasteiger partial charge in [0, 0.05) is 171 Å². The number of amides is 4. The summed E-state index contributed by atoms with van der Waals surface area (Å²) in [6, 6.07) is 3.26. The second-order valence-corrected chi connectivity index (χ2v) is 34.4. The minimum Gasteiger partial charge on any atom is -0.459 e. The predicted octanol–water partition coefficient (Wildman–Crippen LogP) is 6.28. The lowest BCUT2D eigenvalue weighted by Crippen LogP contribution is -2.61. The number of methoxy groups -OCH3 is 2. The predicted molar refractivity (Wildman–Crippen MR) is 475 cm³/mol. The van der Waals surface area contributed by atoms with Crippen LogP contribution in [0.25, 0.3) is 33.4 Å². The molecule has 1 aromatic carbocycles. The van der Waals surface area contributed by atoms with E-state index in [1.165, 1.54) is 32.6 Å². The fourth-order valence-corrected chi connectivity index (χ4v) is 17.3. The number of carbonyl (C=O) groups is 8. The van der Waals surface area contributed by atoms with Gasteiger partial charge in [-0.2, -0.15) is 10.1 Å². The monoisotopic (exact) mass is 1760 g/mol. The Hall–Kier alpha value is -10.6. The van der Waals surface area contributed by atoms with Crippen LogP contribution in [0.2, 0.25) is 0 Å². The summed E-state index contributed by atoms with van der Waals surface area (Å²) < 4.78 is 43.4. The Labute approximate surface area is 740 Å². The zero-order valence-corrected chi connectivity index (χ0v) is 74.5. The molecule has 4 aromatic heterocycles. The number of piperidine rings is 1. The molecule has 127 heavy (non-hydrogen) atoms. The Balaban J connectivity index is 0.593. The maximum absolute atomic E-state index is 14.7. The first-order valence-corrected chi connectivity index (χ1v) is 44.3. The summed E-state index contributed by atoms with van der Waals surface area (Å²) >= 11 is 0. The largest absolute Gasteiger partial charge is 0.459 e. The van der Waals surface area contributed by atoms with E-state index in [2.05, 4.69) is 57.2 Å². The van der Waals surface area contributed by atoms with E-state index in [0.717, 1.165) is 29.1 Å². The van der Waals surface area contributed by atoms with Crippen molar-refractivity contribution in [3.05, 3.63) is 102 Å². The summed E-state index contributed by atoms with van der Waals surface area (Å²) in [5, 5.41) is 45.9. The fourth-order valence-electron chi connectivity index (χ4n) is 17.3. The molecule has 15 atom stereocenters. The first-order chi connectivity index (χ1) is 60.9. The summed E-state index contributed by atoms with van der Waals surface area (Å²) in [6.45, 7) is 22.8. The number of unbranched alkanes of at least 4 members (excludes halogenated alkanes) is 1. The molecule has 1 aliphatic carbocycles.